The first kappa shape index (κ1) is 22.0. The van der Waals surface area contributed by atoms with E-state index in [1.54, 1.807) is 0 Å². The lowest BCUT2D eigenvalue weighted by molar-refractivity contribution is -0.125. The van der Waals surface area contributed by atoms with Crippen molar-refractivity contribution in [3.63, 3.8) is 0 Å². The summed E-state index contributed by atoms with van der Waals surface area (Å²) in [4.78, 5) is 22.8. The third-order valence-corrected chi connectivity index (χ3v) is 6.99. The molecule has 0 bridgehead atoms. The third-order valence-electron chi connectivity index (χ3n) is 6.99. The number of nitrogen functional groups attached to an aromatic ring is 1. The van der Waals surface area contributed by atoms with Crippen LogP contribution in [0.1, 0.15) is 25.3 Å². The van der Waals surface area contributed by atoms with E-state index < -0.39 is 0 Å². The fourth-order valence-electron chi connectivity index (χ4n) is 5.21. The van der Waals surface area contributed by atoms with Gasteiger partial charge >= 0.3 is 0 Å². The number of fused-ring (bicyclic) bond motifs is 1. The maximum atomic E-state index is 12.1. The maximum absolute atomic E-state index is 12.1. The molecule has 1 amide bonds. The number of para-hydroxylation sites is 1. The second-order valence-electron chi connectivity index (χ2n) is 9.17. The first-order chi connectivity index (χ1) is 17.6. The monoisotopic (exact) mass is 478 g/mol. The van der Waals surface area contributed by atoms with Gasteiger partial charge in [0, 0.05) is 18.7 Å². The Morgan fingerprint density at radius 1 is 1.03 bits per heavy atom. The zero-order valence-electron chi connectivity index (χ0n) is 19.8. The van der Waals surface area contributed by atoms with Crippen molar-refractivity contribution >= 4 is 22.8 Å². The number of carbonyl (C=O) groups excluding carboxylic acids is 1. The lowest BCUT2D eigenvalue weighted by atomic mass is 10.0. The second-order valence-corrected chi connectivity index (χ2v) is 9.17. The van der Waals surface area contributed by atoms with E-state index in [0.717, 1.165) is 59.6 Å². The van der Waals surface area contributed by atoms with Crippen LogP contribution in [0, 0.1) is 0 Å². The summed E-state index contributed by atoms with van der Waals surface area (Å²) in [5.74, 6) is 1.91. The molecule has 1 aliphatic heterocycles. The van der Waals surface area contributed by atoms with Crippen LogP contribution < -0.4 is 10.5 Å². The van der Waals surface area contributed by atoms with Crippen molar-refractivity contribution in [1.29, 1.82) is 0 Å². The van der Waals surface area contributed by atoms with Crippen molar-refractivity contribution < 1.29 is 9.53 Å². The van der Waals surface area contributed by atoms with Crippen molar-refractivity contribution in [2.45, 2.75) is 25.3 Å². The lowest BCUT2D eigenvalue weighted by Gasteiger charge is -2.27. The van der Waals surface area contributed by atoms with Gasteiger partial charge in [-0.2, -0.15) is 5.10 Å². The smallest absolute Gasteiger partial charge is 0.246 e. The number of carbonyl (C=O) groups is 1. The highest BCUT2D eigenvalue weighted by Gasteiger charge is 2.33. The summed E-state index contributed by atoms with van der Waals surface area (Å²) in [6, 6.07) is 17.6. The number of amides is 1. The van der Waals surface area contributed by atoms with Crippen molar-refractivity contribution in [3.8, 4) is 22.8 Å². The van der Waals surface area contributed by atoms with Crippen LogP contribution in [-0.2, 0) is 4.79 Å². The van der Waals surface area contributed by atoms with Crippen LogP contribution in [0.4, 0.5) is 5.82 Å². The average Bonchev–Trinajstić information content (AvgIpc) is 3.51. The summed E-state index contributed by atoms with van der Waals surface area (Å²) in [5, 5.41) is 5.77. The molecule has 2 aliphatic rings. The van der Waals surface area contributed by atoms with Crippen molar-refractivity contribution in [1.82, 2.24) is 24.6 Å². The highest BCUT2D eigenvalue weighted by molar-refractivity contribution is 5.98. The zero-order valence-corrected chi connectivity index (χ0v) is 19.8. The van der Waals surface area contributed by atoms with Gasteiger partial charge < -0.3 is 15.4 Å². The van der Waals surface area contributed by atoms with Crippen LogP contribution in [0.15, 0.2) is 84.7 Å². The Bertz CT molecular complexity index is 1490. The van der Waals surface area contributed by atoms with Gasteiger partial charge in [0.25, 0.3) is 0 Å². The van der Waals surface area contributed by atoms with Gasteiger partial charge in [0.1, 0.15) is 29.3 Å². The standard InChI is InChI=1S/C28H26N6O2/c1-2-24(35)33-13-12-19-14-21(15-20(19)16-33)34-28-25(27(29)30-17-31-28)26(32-34)18-8-10-23(11-9-18)36-22-6-4-3-5-7-22/h2-11,17,21H,1,12-16H2,(H2,29,30,31). The fourth-order valence-corrected chi connectivity index (χ4v) is 5.21. The van der Waals surface area contributed by atoms with Crippen LogP contribution in [0.2, 0.25) is 0 Å². The molecule has 1 unspecified atom stereocenters. The number of nitrogens with zero attached hydrogens (tertiary/aromatic N) is 5. The molecule has 0 saturated carbocycles. The number of aromatic nitrogens is 4. The predicted octanol–water partition coefficient (Wildman–Crippen LogP) is 4.92. The number of ether oxygens (including phenoxy) is 1. The van der Waals surface area contributed by atoms with E-state index in [1.807, 2.05) is 64.2 Å². The first-order valence-electron chi connectivity index (χ1n) is 12.0. The Kier molecular flexibility index (Phi) is 5.48. The van der Waals surface area contributed by atoms with Crippen LogP contribution in [-0.4, -0.2) is 43.6 Å². The largest absolute Gasteiger partial charge is 0.457 e. The Morgan fingerprint density at radius 3 is 2.56 bits per heavy atom. The fraction of sp³-hybridized carbons (Fsp3) is 0.214. The molecule has 2 N–H and O–H groups in total. The minimum absolute atomic E-state index is 0.0166. The molecule has 36 heavy (non-hydrogen) atoms. The average molecular weight is 479 g/mol. The molecule has 8 nitrogen and oxygen atoms in total. The molecule has 1 aliphatic carbocycles. The van der Waals surface area contributed by atoms with E-state index in [0.29, 0.717) is 12.4 Å². The van der Waals surface area contributed by atoms with Crippen molar-refractivity contribution in [2.75, 3.05) is 18.8 Å². The summed E-state index contributed by atoms with van der Waals surface area (Å²) in [7, 11) is 0. The van der Waals surface area contributed by atoms with Gasteiger partial charge in [-0.25, -0.2) is 14.6 Å². The molecule has 2 aromatic carbocycles. The Hall–Kier alpha value is -4.46. The molecule has 3 heterocycles. The highest BCUT2D eigenvalue weighted by atomic mass is 16.5. The summed E-state index contributed by atoms with van der Waals surface area (Å²) in [6.45, 7) is 5.01. The van der Waals surface area contributed by atoms with E-state index in [4.69, 9.17) is 15.6 Å². The zero-order chi connectivity index (χ0) is 24.6. The van der Waals surface area contributed by atoms with Crippen LogP contribution >= 0.6 is 0 Å². The van der Waals surface area contributed by atoms with Gasteiger partial charge in [0.15, 0.2) is 5.65 Å². The molecule has 180 valence electrons. The molecule has 0 spiro atoms. The maximum Gasteiger partial charge on any atom is 0.246 e. The molecule has 2 aromatic heterocycles. The number of hydrogen-bond acceptors (Lipinski definition) is 6. The quantitative estimate of drug-likeness (QED) is 0.323. The van der Waals surface area contributed by atoms with Crippen LogP contribution in [0.5, 0.6) is 11.5 Å². The summed E-state index contributed by atoms with van der Waals surface area (Å²) >= 11 is 0. The molecule has 8 heteroatoms. The second kappa shape index (κ2) is 8.96. The number of anilines is 1. The third kappa shape index (κ3) is 3.90. The minimum Gasteiger partial charge on any atom is -0.457 e. The molecule has 0 radical (unpaired) electrons. The van der Waals surface area contributed by atoms with Gasteiger partial charge in [0.05, 0.1) is 11.4 Å². The van der Waals surface area contributed by atoms with Gasteiger partial charge in [-0.1, -0.05) is 30.4 Å². The van der Waals surface area contributed by atoms with E-state index >= 15 is 0 Å². The molecule has 0 saturated heterocycles. The molecule has 6 rings (SSSR count). The van der Waals surface area contributed by atoms with Gasteiger partial charge in [-0.05, 0) is 67.3 Å². The lowest BCUT2D eigenvalue weighted by Crippen LogP contribution is -2.35. The first-order valence-corrected chi connectivity index (χ1v) is 12.0. The normalized spacial score (nSPS) is 17.3. The van der Waals surface area contributed by atoms with Gasteiger partial charge in [0.2, 0.25) is 5.91 Å². The Labute approximate surface area is 208 Å². The minimum atomic E-state index is -0.0166. The highest BCUT2D eigenvalue weighted by Crippen LogP contribution is 2.42. The molecule has 1 atom stereocenters. The summed E-state index contributed by atoms with van der Waals surface area (Å²) in [6.07, 6.45) is 5.50. The molecular weight excluding hydrogens is 452 g/mol. The van der Waals surface area contributed by atoms with E-state index in [1.165, 1.54) is 23.5 Å². The summed E-state index contributed by atoms with van der Waals surface area (Å²) in [5.41, 5.74) is 11.5. The number of hydrogen-bond donors (Lipinski definition) is 1. The molecule has 0 fully saturated rings. The van der Waals surface area contributed by atoms with Crippen LogP contribution in [0.3, 0.4) is 0 Å². The van der Waals surface area contributed by atoms with Gasteiger partial charge in [-0.15, -0.1) is 0 Å². The topological polar surface area (TPSA) is 99.2 Å². The van der Waals surface area contributed by atoms with E-state index in [2.05, 4.69) is 16.5 Å². The Morgan fingerprint density at radius 2 is 1.78 bits per heavy atom. The Balaban J connectivity index is 1.30. The van der Waals surface area contributed by atoms with Crippen molar-refractivity contribution in [2.24, 2.45) is 0 Å². The molecular formula is C28H26N6O2. The van der Waals surface area contributed by atoms with E-state index in [9.17, 15) is 4.79 Å². The predicted molar refractivity (Wildman–Crippen MR) is 138 cm³/mol. The van der Waals surface area contributed by atoms with Gasteiger partial charge in [-0.3, -0.25) is 4.79 Å². The van der Waals surface area contributed by atoms with Crippen molar-refractivity contribution in [3.05, 3.63) is 84.7 Å². The van der Waals surface area contributed by atoms with Crippen LogP contribution in [0.25, 0.3) is 22.3 Å². The number of rotatable bonds is 5. The van der Waals surface area contributed by atoms with E-state index in [-0.39, 0.29) is 11.9 Å². The number of nitrogens with two attached hydrogens (primary N) is 1. The SMILES string of the molecule is C=CC(=O)N1CCC2=C(CC(n3nc(-c4ccc(Oc5ccccc5)cc4)c4c(N)ncnc43)C2)C1. The molecule has 4 aromatic rings. The number of benzene rings is 2. The summed E-state index contributed by atoms with van der Waals surface area (Å²) < 4.78 is 7.94.